The lowest BCUT2D eigenvalue weighted by Crippen LogP contribution is -2.44. The first kappa shape index (κ1) is 19.2. The maximum absolute atomic E-state index is 12.6. The number of nitrogens with zero attached hydrogens (tertiary/aromatic N) is 1. The largest absolute Gasteiger partial charge is 0.325 e. The number of halogens is 1. The molecule has 1 atom stereocenters. The Morgan fingerprint density at radius 1 is 1.36 bits per heavy atom. The molecule has 1 saturated heterocycles. The van der Waals surface area contributed by atoms with Crippen molar-refractivity contribution >= 4 is 35.1 Å². The molecule has 0 spiro atoms. The molecule has 1 aliphatic rings. The van der Waals surface area contributed by atoms with Crippen LogP contribution in [0.2, 0.25) is 5.02 Å². The van der Waals surface area contributed by atoms with Gasteiger partial charge in [-0.3, -0.25) is 14.5 Å². The number of amides is 4. The van der Waals surface area contributed by atoms with Crippen LogP contribution in [0.4, 0.5) is 10.5 Å². The van der Waals surface area contributed by atoms with Gasteiger partial charge < -0.3 is 10.6 Å². The van der Waals surface area contributed by atoms with Gasteiger partial charge in [0.1, 0.15) is 12.1 Å². The van der Waals surface area contributed by atoms with Crippen LogP contribution in [0.3, 0.4) is 0 Å². The van der Waals surface area contributed by atoms with Crippen molar-refractivity contribution in [3.05, 3.63) is 28.8 Å². The molecular weight excluding hydrogens is 342 g/mol. The summed E-state index contributed by atoms with van der Waals surface area (Å²) >= 11 is 6.03. The molecule has 1 aromatic carbocycles. The molecule has 0 aliphatic carbocycles. The number of hydrogen-bond donors (Lipinski definition) is 2. The molecule has 7 heteroatoms. The molecule has 136 valence electrons. The highest BCUT2D eigenvalue weighted by Gasteiger charge is 2.47. The number of hydrogen-bond acceptors (Lipinski definition) is 3. The zero-order valence-corrected chi connectivity index (χ0v) is 15.7. The second-order valence-corrected chi connectivity index (χ2v) is 7.51. The van der Waals surface area contributed by atoms with Crippen molar-refractivity contribution in [1.29, 1.82) is 0 Å². The van der Waals surface area contributed by atoms with Crippen LogP contribution in [0.25, 0.3) is 0 Å². The lowest BCUT2D eigenvalue weighted by molar-refractivity contribution is -0.133. The van der Waals surface area contributed by atoms with Crippen molar-refractivity contribution in [2.24, 2.45) is 5.92 Å². The summed E-state index contributed by atoms with van der Waals surface area (Å²) in [6, 6.07) is 4.60. The maximum atomic E-state index is 12.6. The van der Waals surface area contributed by atoms with Crippen molar-refractivity contribution in [3.8, 4) is 0 Å². The van der Waals surface area contributed by atoms with Crippen LogP contribution in [-0.2, 0) is 9.59 Å². The number of anilines is 1. The number of rotatable bonds is 6. The molecule has 1 fully saturated rings. The van der Waals surface area contributed by atoms with E-state index in [-0.39, 0.29) is 12.5 Å². The minimum Gasteiger partial charge on any atom is -0.324 e. The van der Waals surface area contributed by atoms with Crippen LogP contribution in [0, 0.1) is 12.8 Å². The maximum Gasteiger partial charge on any atom is 0.325 e. The van der Waals surface area contributed by atoms with Gasteiger partial charge in [-0.05, 0) is 50.3 Å². The Hall–Kier alpha value is -2.08. The fourth-order valence-electron chi connectivity index (χ4n) is 2.65. The van der Waals surface area contributed by atoms with E-state index in [1.54, 1.807) is 25.1 Å². The summed E-state index contributed by atoms with van der Waals surface area (Å²) in [6.07, 6.45) is 1.35. The van der Waals surface area contributed by atoms with Crippen LogP contribution in [0.1, 0.15) is 39.2 Å². The van der Waals surface area contributed by atoms with E-state index in [9.17, 15) is 14.4 Å². The zero-order valence-electron chi connectivity index (χ0n) is 15.0. The van der Waals surface area contributed by atoms with Gasteiger partial charge in [0.25, 0.3) is 5.91 Å². The molecule has 0 unspecified atom stereocenters. The number of nitrogens with one attached hydrogen (secondary N) is 2. The van der Waals surface area contributed by atoms with E-state index in [4.69, 9.17) is 11.6 Å². The normalized spacial score (nSPS) is 20.2. The lowest BCUT2D eigenvalue weighted by Gasteiger charge is -2.22. The molecule has 1 heterocycles. The molecule has 2 N–H and O–H groups in total. The Morgan fingerprint density at radius 2 is 2.04 bits per heavy atom. The number of benzene rings is 1. The Morgan fingerprint density at radius 3 is 2.64 bits per heavy atom. The monoisotopic (exact) mass is 365 g/mol. The number of carbonyl (C=O) groups excluding carboxylic acids is 3. The van der Waals surface area contributed by atoms with Crippen LogP contribution in [0.15, 0.2) is 18.2 Å². The van der Waals surface area contributed by atoms with Gasteiger partial charge in [-0.25, -0.2) is 4.79 Å². The molecule has 1 aromatic rings. The highest BCUT2D eigenvalue weighted by atomic mass is 35.5. The number of aryl methyl sites for hydroxylation is 1. The summed E-state index contributed by atoms with van der Waals surface area (Å²) in [5.41, 5.74) is 0.472. The standard InChI is InChI=1S/C18H24ClN3O3/c1-11(2)7-8-18(4)16(24)22(17(25)21-18)10-15(23)20-13-6-5-12(3)14(19)9-13/h5-6,9,11H,7-8,10H2,1-4H3,(H,20,23)(H,21,25)/t18-/m0/s1. The number of imide groups is 1. The SMILES string of the molecule is Cc1ccc(NC(=O)CN2C(=O)N[C@@](C)(CCC(C)C)C2=O)cc1Cl. The first-order chi connectivity index (χ1) is 11.6. The van der Waals surface area contributed by atoms with Crippen molar-refractivity contribution in [3.63, 3.8) is 0 Å². The lowest BCUT2D eigenvalue weighted by atomic mass is 9.92. The van der Waals surface area contributed by atoms with E-state index >= 15 is 0 Å². The fourth-order valence-corrected chi connectivity index (χ4v) is 2.83. The molecule has 2 rings (SSSR count). The zero-order chi connectivity index (χ0) is 18.8. The highest BCUT2D eigenvalue weighted by Crippen LogP contribution is 2.25. The molecule has 4 amide bonds. The molecule has 1 aliphatic heterocycles. The molecule has 0 bridgehead atoms. The highest BCUT2D eigenvalue weighted by molar-refractivity contribution is 6.31. The first-order valence-corrected chi connectivity index (χ1v) is 8.70. The van der Waals surface area contributed by atoms with Gasteiger partial charge in [0, 0.05) is 10.7 Å². The smallest absolute Gasteiger partial charge is 0.324 e. The average molecular weight is 366 g/mol. The van der Waals surface area contributed by atoms with E-state index < -0.39 is 17.5 Å². The van der Waals surface area contributed by atoms with Gasteiger partial charge in [0.15, 0.2) is 0 Å². The second kappa shape index (κ2) is 7.44. The summed E-state index contributed by atoms with van der Waals surface area (Å²) in [5.74, 6) is -0.392. The van der Waals surface area contributed by atoms with Crippen molar-refractivity contribution < 1.29 is 14.4 Å². The van der Waals surface area contributed by atoms with Crippen molar-refractivity contribution in [1.82, 2.24) is 10.2 Å². The van der Waals surface area contributed by atoms with Gasteiger partial charge in [0.2, 0.25) is 5.91 Å². The van der Waals surface area contributed by atoms with Crippen LogP contribution >= 0.6 is 11.6 Å². The third-order valence-corrected chi connectivity index (χ3v) is 4.73. The summed E-state index contributed by atoms with van der Waals surface area (Å²) in [5, 5.41) is 5.90. The average Bonchev–Trinajstić information content (AvgIpc) is 2.73. The van der Waals surface area contributed by atoms with Gasteiger partial charge in [-0.15, -0.1) is 0 Å². The molecule has 0 saturated carbocycles. The Kier molecular flexibility index (Phi) is 5.72. The van der Waals surface area contributed by atoms with Gasteiger partial charge in [-0.2, -0.15) is 0 Å². The summed E-state index contributed by atoms with van der Waals surface area (Å²) in [6.45, 7) is 7.35. The van der Waals surface area contributed by atoms with E-state index in [1.807, 2.05) is 6.92 Å². The van der Waals surface area contributed by atoms with E-state index in [1.165, 1.54) is 0 Å². The fraction of sp³-hybridized carbons (Fsp3) is 0.500. The topological polar surface area (TPSA) is 78.5 Å². The molecular formula is C18H24ClN3O3. The third kappa shape index (κ3) is 4.51. The van der Waals surface area contributed by atoms with E-state index in [2.05, 4.69) is 24.5 Å². The first-order valence-electron chi connectivity index (χ1n) is 8.32. The summed E-state index contributed by atoms with van der Waals surface area (Å²) in [7, 11) is 0. The van der Waals surface area contributed by atoms with Gasteiger partial charge >= 0.3 is 6.03 Å². The van der Waals surface area contributed by atoms with Crippen LogP contribution < -0.4 is 10.6 Å². The predicted octanol–water partition coefficient (Wildman–Crippen LogP) is 3.33. The third-order valence-electron chi connectivity index (χ3n) is 4.32. The van der Waals surface area contributed by atoms with Crippen molar-refractivity contribution in [2.75, 3.05) is 11.9 Å². The minimum absolute atomic E-state index is 0.326. The van der Waals surface area contributed by atoms with Crippen LogP contribution in [0.5, 0.6) is 0 Å². The number of urea groups is 1. The Bertz CT molecular complexity index is 705. The van der Waals surface area contributed by atoms with E-state index in [0.29, 0.717) is 23.0 Å². The second-order valence-electron chi connectivity index (χ2n) is 7.10. The molecule has 6 nitrogen and oxygen atoms in total. The van der Waals surface area contributed by atoms with Crippen molar-refractivity contribution in [2.45, 2.75) is 46.1 Å². The summed E-state index contributed by atoms with van der Waals surface area (Å²) in [4.78, 5) is 37.9. The van der Waals surface area contributed by atoms with Crippen LogP contribution in [-0.4, -0.2) is 34.8 Å². The van der Waals surface area contributed by atoms with Gasteiger partial charge in [-0.1, -0.05) is 31.5 Å². The molecule has 0 aromatic heterocycles. The van der Waals surface area contributed by atoms with Gasteiger partial charge in [0.05, 0.1) is 0 Å². The quantitative estimate of drug-likeness (QED) is 0.759. The van der Waals surface area contributed by atoms with E-state index in [0.717, 1.165) is 16.9 Å². The Labute approximate surface area is 152 Å². The minimum atomic E-state index is -0.950. The summed E-state index contributed by atoms with van der Waals surface area (Å²) < 4.78 is 0. The Balaban J connectivity index is 2.01. The molecule has 25 heavy (non-hydrogen) atoms. The predicted molar refractivity (Wildman–Crippen MR) is 97.5 cm³/mol. The number of carbonyl (C=O) groups is 3. The molecule has 0 radical (unpaired) electrons.